The summed E-state index contributed by atoms with van der Waals surface area (Å²) in [5.74, 6) is 0.819. The van der Waals surface area contributed by atoms with Crippen molar-refractivity contribution in [3.63, 3.8) is 0 Å². The Labute approximate surface area is 223 Å². The minimum atomic E-state index is -1.13. The molecule has 7 rings (SSSR count). The lowest BCUT2D eigenvalue weighted by Gasteiger charge is -2.38. The average Bonchev–Trinajstić information content (AvgIpc) is 3.16. The summed E-state index contributed by atoms with van der Waals surface area (Å²) in [6.45, 7) is 8.24. The molecule has 2 heteroatoms. The second-order valence-corrected chi connectivity index (χ2v) is 11.1. The van der Waals surface area contributed by atoms with Gasteiger partial charge in [-0.05, 0) is 61.9 Å². The maximum absolute atomic E-state index is 12.0. The van der Waals surface area contributed by atoms with Crippen molar-refractivity contribution in [2.24, 2.45) is 0 Å². The summed E-state index contributed by atoms with van der Waals surface area (Å²) in [4.78, 5) is 0. The molecule has 38 heavy (non-hydrogen) atoms. The predicted molar refractivity (Wildman–Crippen MR) is 156 cm³/mol. The molecule has 1 aliphatic carbocycles. The van der Waals surface area contributed by atoms with E-state index in [9.17, 15) is 5.11 Å². The molecule has 0 spiro atoms. The molecule has 0 radical (unpaired) electrons. The molecule has 186 valence electrons. The van der Waals surface area contributed by atoms with Crippen LogP contribution in [0.3, 0.4) is 0 Å². The van der Waals surface area contributed by atoms with Crippen molar-refractivity contribution in [2.75, 3.05) is 0 Å². The lowest BCUT2D eigenvalue weighted by atomic mass is 9.80. The Morgan fingerprint density at radius 3 is 1.95 bits per heavy atom. The fraction of sp³-hybridized carbons (Fsp3) is 0.167. The van der Waals surface area contributed by atoms with Gasteiger partial charge in [-0.25, -0.2) is 0 Å². The number of fused-ring (bicyclic) bond motifs is 8. The fourth-order valence-corrected chi connectivity index (χ4v) is 6.38. The third-order valence-electron chi connectivity index (χ3n) is 8.37. The number of benzene rings is 5. The van der Waals surface area contributed by atoms with E-state index in [0.717, 1.165) is 55.5 Å². The third-order valence-corrected chi connectivity index (χ3v) is 8.37. The van der Waals surface area contributed by atoms with Gasteiger partial charge in [-0.2, -0.15) is 0 Å². The van der Waals surface area contributed by atoms with Crippen LogP contribution in [0.2, 0.25) is 0 Å². The van der Waals surface area contributed by atoms with E-state index in [1.54, 1.807) is 0 Å². The Balaban J connectivity index is 1.57. The van der Waals surface area contributed by atoms with E-state index in [1.807, 2.05) is 19.1 Å². The zero-order valence-electron chi connectivity index (χ0n) is 22.2. The van der Waals surface area contributed by atoms with E-state index >= 15 is 0 Å². The van der Waals surface area contributed by atoms with Crippen molar-refractivity contribution in [3.8, 4) is 16.9 Å². The van der Waals surface area contributed by atoms with Crippen molar-refractivity contribution in [2.45, 2.75) is 38.9 Å². The number of aliphatic hydroxyl groups is 1. The molecule has 1 unspecified atom stereocenters. The van der Waals surface area contributed by atoms with Crippen LogP contribution in [-0.2, 0) is 11.2 Å². The standard InChI is InChI=1S/C36H30O2/c1-22-9-14-25(15-10-22)36(26-16-11-23(2)12-17-26)20-19-29-33-32(28-7-5-6-8-31(28)35(33,4)37)27-18-13-24(3)21-30(27)34(29)38-36/h5-21,37H,1-4H3. The lowest BCUT2D eigenvalue weighted by molar-refractivity contribution is 0.105. The predicted octanol–water partition coefficient (Wildman–Crippen LogP) is 8.35. The summed E-state index contributed by atoms with van der Waals surface area (Å²) in [6, 6.07) is 32.0. The van der Waals surface area contributed by atoms with E-state index in [-0.39, 0.29) is 0 Å². The number of rotatable bonds is 2. The molecule has 0 bridgehead atoms. The summed E-state index contributed by atoms with van der Waals surface area (Å²) in [7, 11) is 0. The van der Waals surface area contributed by atoms with Crippen molar-refractivity contribution in [3.05, 3.63) is 142 Å². The van der Waals surface area contributed by atoms with Crippen LogP contribution in [0.4, 0.5) is 0 Å². The second-order valence-electron chi connectivity index (χ2n) is 11.1. The molecule has 1 aliphatic heterocycles. The zero-order valence-corrected chi connectivity index (χ0v) is 22.2. The molecule has 1 heterocycles. The van der Waals surface area contributed by atoms with Crippen molar-refractivity contribution in [1.29, 1.82) is 0 Å². The molecule has 0 aromatic heterocycles. The van der Waals surface area contributed by atoms with Crippen LogP contribution < -0.4 is 4.74 Å². The smallest absolute Gasteiger partial charge is 0.178 e. The molecule has 0 fully saturated rings. The van der Waals surface area contributed by atoms with E-state index in [1.165, 1.54) is 16.7 Å². The first-order valence-electron chi connectivity index (χ1n) is 13.3. The van der Waals surface area contributed by atoms with Gasteiger partial charge in [-0.1, -0.05) is 108 Å². The maximum Gasteiger partial charge on any atom is 0.178 e. The minimum absolute atomic E-state index is 0.795. The highest BCUT2D eigenvalue weighted by Gasteiger charge is 2.45. The largest absolute Gasteiger partial charge is 0.472 e. The summed E-state index contributed by atoms with van der Waals surface area (Å²) < 4.78 is 7.26. The second kappa shape index (κ2) is 7.93. The van der Waals surface area contributed by atoms with Crippen LogP contribution >= 0.6 is 0 Å². The molecule has 2 aliphatic rings. The van der Waals surface area contributed by atoms with Gasteiger partial charge < -0.3 is 9.84 Å². The summed E-state index contributed by atoms with van der Waals surface area (Å²) in [5, 5.41) is 14.2. The van der Waals surface area contributed by atoms with Crippen LogP contribution in [0.15, 0.2) is 97.1 Å². The van der Waals surface area contributed by atoms with E-state index in [2.05, 4.69) is 112 Å². The van der Waals surface area contributed by atoms with Crippen LogP contribution in [-0.4, -0.2) is 5.11 Å². The highest BCUT2D eigenvalue weighted by molar-refractivity contribution is 6.08. The van der Waals surface area contributed by atoms with Crippen LogP contribution in [0.1, 0.15) is 51.4 Å². The molecule has 1 N–H and O–H groups in total. The number of hydrogen-bond acceptors (Lipinski definition) is 2. The van der Waals surface area contributed by atoms with Crippen molar-refractivity contribution in [1.82, 2.24) is 0 Å². The van der Waals surface area contributed by atoms with Gasteiger partial charge in [-0.15, -0.1) is 0 Å². The third kappa shape index (κ3) is 3.10. The topological polar surface area (TPSA) is 29.5 Å². The number of ether oxygens (including phenoxy) is 1. The highest BCUT2D eigenvalue weighted by Crippen LogP contribution is 2.57. The maximum atomic E-state index is 12.0. The number of aryl methyl sites for hydroxylation is 3. The Morgan fingerprint density at radius 2 is 1.29 bits per heavy atom. The summed E-state index contributed by atoms with van der Waals surface area (Å²) in [5.41, 5.74) is 8.82. The molecule has 0 saturated carbocycles. The summed E-state index contributed by atoms with van der Waals surface area (Å²) >= 11 is 0. The van der Waals surface area contributed by atoms with Crippen LogP contribution in [0.25, 0.3) is 28.0 Å². The molecule has 5 aromatic carbocycles. The Hall–Kier alpha value is -4.14. The van der Waals surface area contributed by atoms with E-state index in [4.69, 9.17) is 4.74 Å². The first-order valence-corrected chi connectivity index (χ1v) is 13.3. The van der Waals surface area contributed by atoms with Gasteiger partial charge in [0.2, 0.25) is 0 Å². The monoisotopic (exact) mass is 494 g/mol. The first kappa shape index (κ1) is 23.0. The number of hydrogen-bond donors (Lipinski definition) is 1. The summed E-state index contributed by atoms with van der Waals surface area (Å²) in [6.07, 6.45) is 4.35. The van der Waals surface area contributed by atoms with Gasteiger partial charge in [-0.3, -0.25) is 0 Å². The molecular formula is C36H30O2. The van der Waals surface area contributed by atoms with Gasteiger partial charge in [0, 0.05) is 27.6 Å². The van der Waals surface area contributed by atoms with Crippen LogP contribution in [0.5, 0.6) is 5.75 Å². The molecule has 2 nitrogen and oxygen atoms in total. The quantitative estimate of drug-likeness (QED) is 0.267. The average molecular weight is 495 g/mol. The normalized spacial score (nSPS) is 18.6. The van der Waals surface area contributed by atoms with Crippen LogP contribution in [0, 0.1) is 20.8 Å². The molecule has 0 amide bonds. The van der Waals surface area contributed by atoms with Gasteiger partial charge in [0.1, 0.15) is 11.4 Å². The Kier molecular flexibility index (Phi) is 4.80. The lowest BCUT2D eigenvalue weighted by Crippen LogP contribution is -2.35. The molecule has 5 aromatic rings. The SMILES string of the molecule is Cc1ccc(C2(c3ccc(C)cc3)C=Cc3c4c(c5ccc(C)cc5c3O2)-c2ccccc2C4(C)O)cc1. The zero-order chi connectivity index (χ0) is 26.2. The first-order chi connectivity index (χ1) is 18.3. The minimum Gasteiger partial charge on any atom is -0.472 e. The highest BCUT2D eigenvalue weighted by atomic mass is 16.5. The van der Waals surface area contributed by atoms with E-state index in [0.29, 0.717) is 0 Å². The van der Waals surface area contributed by atoms with E-state index < -0.39 is 11.2 Å². The van der Waals surface area contributed by atoms with Gasteiger partial charge >= 0.3 is 0 Å². The Morgan fingerprint density at radius 1 is 0.684 bits per heavy atom. The van der Waals surface area contributed by atoms with Crippen molar-refractivity contribution >= 4 is 16.8 Å². The van der Waals surface area contributed by atoms with Gasteiger partial charge in [0.15, 0.2) is 5.60 Å². The van der Waals surface area contributed by atoms with Gasteiger partial charge in [0.25, 0.3) is 0 Å². The van der Waals surface area contributed by atoms with Crippen molar-refractivity contribution < 1.29 is 9.84 Å². The Bertz CT molecular complexity index is 1720. The molecular weight excluding hydrogens is 464 g/mol. The fourth-order valence-electron chi connectivity index (χ4n) is 6.38. The molecule has 0 saturated heterocycles. The molecule has 1 atom stereocenters. The van der Waals surface area contributed by atoms with Gasteiger partial charge in [0.05, 0.1) is 0 Å².